The number of benzene rings is 1. The molecule has 1 N–H and O–H groups in total. The zero-order valence-electron chi connectivity index (χ0n) is 16.2. The molecule has 2 aliphatic rings. The van der Waals surface area contributed by atoms with E-state index in [-0.39, 0.29) is 18.0 Å². The van der Waals surface area contributed by atoms with Crippen molar-refractivity contribution < 1.29 is 28.0 Å². The number of aliphatic carboxylic acids is 1. The van der Waals surface area contributed by atoms with Gasteiger partial charge in [-0.3, -0.25) is 4.79 Å². The predicted molar refractivity (Wildman–Crippen MR) is 99.3 cm³/mol. The Bertz CT molecular complexity index is 693. The molecule has 3 rings (SSSR count). The molecule has 5 nitrogen and oxygen atoms in total. The van der Waals surface area contributed by atoms with Gasteiger partial charge in [0.1, 0.15) is 17.3 Å². The molecule has 0 saturated carbocycles. The van der Waals surface area contributed by atoms with Crippen LogP contribution in [0, 0.1) is 17.6 Å². The van der Waals surface area contributed by atoms with E-state index in [1.807, 2.05) is 27.7 Å². The van der Waals surface area contributed by atoms with Crippen molar-refractivity contribution in [2.45, 2.75) is 58.2 Å². The van der Waals surface area contributed by atoms with Gasteiger partial charge in [0.15, 0.2) is 0 Å². The molecule has 0 aromatic heterocycles. The smallest absolute Gasteiger partial charge is 0.481 e. The van der Waals surface area contributed by atoms with E-state index in [2.05, 4.69) is 0 Å². The van der Waals surface area contributed by atoms with Crippen LogP contribution in [0.1, 0.15) is 47.0 Å². The normalized spacial score (nSPS) is 22.3. The quantitative estimate of drug-likeness (QED) is 0.813. The van der Waals surface area contributed by atoms with E-state index in [1.54, 1.807) is 4.90 Å². The van der Waals surface area contributed by atoms with Gasteiger partial charge in [-0.2, -0.15) is 0 Å². The molecule has 148 valence electrons. The summed E-state index contributed by atoms with van der Waals surface area (Å²) >= 11 is 0. The Morgan fingerprint density at radius 3 is 2.07 bits per heavy atom. The van der Waals surface area contributed by atoms with Gasteiger partial charge in [0.25, 0.3) is 0 Å². The van der Waals surface area contributed by atoms with Crippen LogP contribution in [0.3, 0.4) is 0 Å². The molecule has 1 aromatic carbocycles. The second kappa shape index (κ2) is 7.06. The maximum atomic E-state index is 14.8. The van der Waals surface area contributed by atoms with Crippen LogP contribution in [-0.2, 0) is 14.1 Å². The molecular formula is C19H26BF2NO4. The fourth-order valence-corrected chi connectivity index (χ4v) is 3.61. The Labute approximate surface area is 158 Å². The molecule has 2 fully saturated rings. The van der Waals surface area contributed by atoms with E-state index in [0.717, 1.165) is 0 Å². The first-order valence-electron chi connectivity index (χ1n) is 9.31. The average molecular weight is 381 g/mol. The standard InChI is InChI=1S/C19H26BF2NO4/c1-18(2)19(3,4)27-20(26-18)13-10-14(21)17(15(22)11-13)23-7-5-12(6-8-23)9-16(24)25/h10-12H,5-9H2,1-4H3,(H,24,25). The molecule has 2 heterocycles. The number of carboxylic acid groups (broad SMARTS) is 1. The Kier molecular flexibility index (Phi) is 5.25. The third kappa shape index (κ3) is 3.96. The maximum absolute atomic E-state index is 14.8. The molecule has 0 atom stereocenters. The lowest BCUT2D eigenvalue weighted by Gasteiger charge is -2.33. The fraction of sp³-hybridized carbons (Fsp3) is 0.632. The van der Waals surface area contributed by atoms with E-state index >= 15 is 0 Å². The van der Waals surface area contributed by atoms with Crippen molar-refractivity contribution >= 4 is 24.2 Å². The lowest BCUT2D eigenvalue weighted by atomic mass is 9.78. The summed E-state index contributed by atoms with van der Waals surface area (Å²) in [4.78, 5) is 12.5. The van der Waals surface area contributed by atoms with Crippen LogP contribution in [0.2, 0.25) is 0 Å². The van der Waals surface area contributed by atoms with Crippen LogP contribution in [0.5, 0.6) is 0 Å². The third-order valence-corrected chi connectivity index (χ3v) is 5.96. The predicted octanol–water partition coefficient (Wildman–Crippen LogP) is 2.96. The van der Waals surface area contributed by atoms with Crippen molar-refractivity contribution in [3.8, 4) is 0 Å². The van der Waals surface area contributed by atoms with Gasteiger partial charge in [-0.1, -0.05) is 0 Å². The van der Waals surface area contributed by atoms with Crippen molar-refractivity contribution in [2.75, 3.05) is 18.0 Å². The number of hydrogen-bond donors (Lipinski definition) is 1. The first-order chi connectivity index (χ1) is 12.5. The lowest BCUT2D eigenvalue weighted by molar-refractivity contribution is -0.138. The van der Waals surface area contributed by atoms with Gasteiger partial charge in [0.05, 0.1) is 11.2 Å². The summed E-state index contributed by atoms with van der Waals surface area (Å²) in [6.07, 6.45) is 1.30. The summed E-state index contributed by atoms with van der Waals surface area (Å²) in [5, 5.41) is 8.89. The Balaban J connectivity index is 1.76. The highest BCUT2D eigenvalue weighted by molar-refractivity contribution is 6.62. The van der Waals surface area contributed by atoms with Crippen LogP contribution in [0.4, 0.5) is 14.5 Å². The van der Waals surface area contributed by atoms with Gasteiger partial charge in [0, 0.05) is 19.5 Å². The highest BCUT2D eigenvalue weighted by Crippen LogP contribution is 2.37. The lowest BCUT2D eigenvalue weighted by Crippen LogP contribution is -2.41. The molecule has 1 aromatic rings. The number of nitrogens with zero attached hydrogens (tertiary/aromatic N) is 1. The molecule has 0 radical (unpaired) electrons. The first-order valence-corrected chi connectivity index (χ1v) is 9.31. The topological polar surface area (TPSA) is 59.0 Å². The highest BCUT2D eigenvalue weighted by Gasteiger charge is 2.52. The van der Waals surface area contributed by atoms with Gasteiger partial charge >= 0.3 is 13.1 Å². The number of carboxylic acids is 1. The molecule has 8 heteroatoms. The fourth-order valence-electron chi connectivity index (χ4n) is 3.61. The Morgan fingerprint density at radius 2 is 1.63 bits per heavy atom. The Morgan fingerprint density at radius 1 is 1.15 bits per heavy atom. The van der Waals surface area contributed by atoms with Crippen molar-refractivity contribution in [2.24, 2.45) is 5.92 Å². The maximum Gasteiger partial charge on any atom is 0.495 e. The summed E-state index contributed by atoms with van der Waals surface area (Å²) in [5.41, 5.74) is -0.929. The number of hydrogen-bond acceptors (Lipinski definition) is 4. The van der Waals surface area contributed by atoms with Crippen LogP contribution in [0.25, 0.3) is 0 Å². The largest absolute Gasteiger partial charge is 0.495 e. The Hall–Kier alpha value is -1.67. The van der Waals surface area contributed by atoms with Crippen LogP contribution < -0.4 is 10.4 Å². The zero-order chi connectivity index (χ0) is 20.0. The van der Waals surface area contributed by atoms with Crippen molar-refractivity contribution in [3.05, 3.63) is 23.8 Å². The van der Waals surface area contributed by atoms with Crippen LogP contribution in [-0.4, -0.2) is 42.5 Å². The molecule has 0 spiro atoms. The van der Waals surface area contributed by atoms with E-state index < -0.39 is 35.9 Å². The molecule has 27 heavy (non-hydrogen) atoms. The number of halogens is 2. The minimum atomic E-state index is -0.836. The van der Waals surface area contributed by atoms with Gasteiger partial charge in [-0.25, -0.2) is 8.78 Å². The molecule has 0 bridgehead atoms. The van der Waals surface area contributed by atoms with Crippen LogP contribution in [0.15, 0.2) is 12.1 Å². The minimum absolute atomic E-state index is 0.0499. The van der Waals surface area contributed by atoms with Gasteiger partial charge < -0.3 is 19.3 Å². The molecule has 0 amide bonds. The second-order valence-corrected chi connectivity index (χ2v) is 8.45. The number of carbonyl (C=O) groups is 1. The summed E-state index contributed by atoms with van der Waals surface area (Å²) in [6, 6.07) is 2.54. The monoisotopic (exact) mass is 381 g/mol. The molecule has 0 unspecified atom stereocenters. The summed E-state index contributed by atoms with van der Waals surface area (Å²) in [6.45, 7) is 8.40. The highest BCUT2D eigenvalue weighted by atomic mass is 19.1. The van der Waals surface area contributed by atoms with Crippen molar-refractivity contribution in [1.29, 1.82) is 0 Å². The molecular weight excluding hydrogens is 355 g/mol. The second-order valence-electron chi connectivity index (χ2n) is 8.45. The van der Waals surface area contributed by atoms with E-state index in [1.165, 1.54) is 12.1 Å². The van der Waals surface area contributed by atoms with Crippen molar-refractivity contribution in [1.82, 2.24) is 0 Å². The number of piperidine rings is 1. The summed E-state index contributed by atoms with van der Waals surface area (Å²) in [5.74, 6) is -2.10. The molecule has 0 aliphatic carbocycles. The van der Waals surface area contributed by atoms with Crippen LogP contribution >= 0.6 is 0 Å². The van der Waals surface area contributed by atoms with Gasteiger partial charge in [0.2, 0.25) is 0 Å². The van der Waals surface area contributed by atoms with Gasteiger partial charge in [-0.15, -0.1) is 0 Å². The number of rotatable bonds is 4. The van der Waals surface area contributed by atoms with E-state index in [9.17, 15) is 13.6 Å². The van der Waals surface area contributed by atoms with Gasteiger partial charge in [-0.05, 0) is 64.1 Å². The molecule has 2 saturated heterocycles. The minimum Gasteiger partial charge on any atom is -0.481 e. The summed E-state index contributed by atoms with van der Waals surface area (Å²) < 4.78 is 41.3. The molecule has 2 aliphatic heterocycles. The van der Waals surface area contributed by atoms with E-state index in [4.69, 9.17) is 14.4 Å². The zero-order valence-corrected chi connectivity index (χ0v) is 16.2. The SMILES string of the molecule is CC1(C)OB(c2cc(F)c(N3CCC(CC(=O)O)CC3)c(F)c2)OC1(C)C. The summed E-state index contributed by atoms with van der Waals surface area (Å²) in [7, 11) is -0.825. The van der Waals surface area contributed by atoms with Crippen molar-refractivity contribution in [3.63, 3.8) is 0 Å². The average Bonchev–Trinajstić information content (AvgIpc) is 2.76. The number of anilines is 1. The van der Waals surface area contributed by atoms with E-state index in [0.29, 0.717) is 31.4 Å². The first kappa shape index (κ1) is 20.1. The third-order valence-electron chi connectivity index (χ3n) is 5.96.